The largest absolute Gasteiger partial charge is 0.489 e. The maximum Gasteiger partial charge on any atom is 0.138 e. The molecular weight excluding hydrogens is 666 g/mol. The average Bonchev–Trinajstić information content (AvgIpc) is 3.78. The Bertz CT molecular complexity index is 2430. The second-order valence-corrected chi connectivity index (χ2v) is 13.5. The summed E-state index contributed by atoms with van der Waals surface area (Å²) in [7, 11) is 0. The number of fused-ring (bicyclic) bond motifs is 2. The zero-order valence-corrected chi connectivity index (χ0v) is 30.2. The van der Waals surface area contributed by atoms with Gasteiger partial charge in [-0.2, -0.15) is 0 Å². The quantitative estimate of drug-likeness (QED) is 0.0700. The van der Waals surface area contributed by atoms with Crippen LogP contribution in [0.15, 0.2) is 115 Å². The number of ether oxygens (including phenoxy) is 2. The molecule has 5 N–H and O–H groups in total. The third-order valence-corrected chi connectivity index (χ3v) is 8.67. The first kappa shape index (κ1) is 35.0. The molecule has 2 aromatic heterocycles. The summed E-state index contributed by atoms with van der Waals surface area (Å²) in [5.41, 5.74) is 15.1. The van der Waals surface area contributed by atoms with E-state index in [0.29, 0.717) is 34.5 Å². The summed E-state index contributed by atoms with van der Waals surface area (Å²) >= 11 is 0. The van der Waals surface area contributed by atoms with E-state index in [1.165, 1.54) is 0 Å². The number of aromatic amines is 2. The molecule has 0 aliphatic rings. The summed E-state index contributed by atoms with van der Waals surface area (Å²) in [6, 6.07) is 32.6. The Balaban J connectivity index is 0.954. The Labute approximate surface area is 307 Å². The highest BCUT2D eigenvalue weighted by molar-refractivity contribution is 6.00. The van der Waals surface area contributed by atoms with E-state index in [4.69, 9.17) is 25.2 Å². The van der Waals surface area contributed by atoms with Crippen LogP contribution in [0.2, 0.25) is 0 Å². The summed E-state index contributed by atoms with van der Waals surface area (Å²) in [5.74, 6) is 2.86. The fraction of sp³-hybridized carbons (Fsp3) is 0.186. The number of aliphatic imine (C=N–C) groups is 1. The second-order valence-electron chi connectivity index (χ2n) is 13.5. The zero-order chi connectivity index (χ0) is 37.1. The van der Waals surface area contributed by atoms with E-state index in [-0.39, 0.29) is 25.1 Å². The number of hydrogen-bond donors (Lipinski definition) is 4. The molecule has 268 valence electrons. The smallest absolute Gasteiger partial charge is 0.138 e. The SMILES string of the molecule is C=C(NC(C)C)c1ccc2nc(-c3ccc(OCc4cccc(COc5ccc(-c6nc7ccc(C(N)=NC(C)C)cc7[nH]6)cc5)c4F)cc3)[nH]c2c1. The van der Waals surface area contributed by atoms with Crippen molar-refractivity contribution in [1.82, 2.24) is 25.3 Å². The lowest BCUT2D eigenvalue weighted by Crippen LogP contribution is -2.20. The highest BCUT2D eigenvalue weighted by Crippen LogP contribution is 2.27. The van der Waals surface area contributed by atoms with Crippen LogP contribution in [0.3, 0.4) is 0 Å². The molecule has 10 heteroatoms. The Morgan fingerprint density at radius 1 is 0.736 bits per heavy atom. The number of halogens is 1. The summed E-state index contributed by atoms with van der Waals surface area (Å²) in [6.07, 6.45) is 0. The molecule has 0 bridgehead atoms. The van der Waals surface area contributed by atoms with E-state index >= 15 is 4.39 Å². The minimum atomic E-state index is -0.352. The van der Waals surface area contributed by atoms with Crippen LogP contribution in [0.25, 0.3) is 50.5 Å². The van der Waals surface area contributed by atoms with Gasteiger partial charge in [0.15, 0.2) is 0 Å². The number of H-pyrrole nitrogens is 2. The van der Waals surface area contributed by atoms with Crippen molar-refractivity contribution in [2.45, 2.75) is 53.0 Å². The molecule has 0 fully saturated rings. The van der Waals surface area contributed by atoms with Crippen molar-refractivity contribution < 1.29 is 13.9 Å². The standard InChI is InChI=1S/C43H42FN7O2/c1-25(2)46-27(5)30-13-19-36-38(21-30)50-42(48-36)28-9-15-34(16-10-28)52-23-32-7-6-8-33(40(32)44)24-53-35-17-11-29(12-18-35)43-49-37-20-14-31(22-39(37)51-43)41(45)47-26(3)4/h6-22,25-26,46H,5,23-24H2,1-4H3,(H2,45,47)(H,48,50)(H,49,51). The third-order valence-electron chi connectivity index (χ3n) is 8.67. The molecule has 5 aromatic carbocycles. The van der Waals surface area contributed by atoms with Gasteiger partial charge >= 0.3 is 0 Å². The highest BCUT2D eigenvalue weighted by atomic mass is 19.1. The number of rotatable bonds is 13. The molecule has 0 radical (unpaired) electrons. The topological polar surface area (TPSA) is 126 Å². The first-order valence-electron chi connectivity index (χ1n) is 17.6. The third kappa shape index (κ3) is 8.07. The van der Waals surface area contributed by atoms with Gasteiger partial charge in [-0.15, -0.1) is 0 Å². The molecule has 0 spiro atoms. The summed E-state index contributed by atoms with van der Waals surface area (Å²) in [6.45, 7) is 12.4. The van der Waals surface area contributed by atoms with Gasteiger partial charge in [-0.3, -0.25) is 4.99 Å². The van der Waals surface area contributed by atoms with Gasteiger partial charge in [0.1, 0.15) is 48.0 Å². The lowest BCUT2D eigenvalue weighted by molar-refractivity contribution is 0.287. The van der Waals surface area contributed by atoms with E-state index in [0.717, 1.165) is 61.7 Å². The van der Waals surface area contributed by atoms with Gasteiger partial charge in [-0.1, -0.05) is 30.8 Å². The molecule has 0 atom stereocenters. The monoisotopic (exact) mass is 707 g/mol. The Morgan fingerprint density at radius 3 is 1.72 bits per heavy atom. The molecular formula is C43H42FN7O2. The molecule has 9 nitrogen and oxygen atoms in total. The van der Waals surface area contributed by atoms with Crippen LogP contribution >= 0.6 is 0 Å². The number of hydrogen-bond acceptors (Lipinski definition) is 6. The van der Waals surface area contributed by atoms with Gasteiger partial charge in [0.25, 0.3) is 0 Å². The minimum Gasteiger partial charge on any atom is -0.489 e. The van der Waals surface area contributed by atoms with Crippen molar-refractivity contribution in [2.75, 3.05) is 0 Å². The average molecular weight is 708 g/mol. The van der Waals surface area contributed by atoms with Crippen LogP contribution in [0.5, 0.6) is 11.5 Å². The van der Waals surface area contributed by atoms with Crippen molar-refractivity contribution in [3.63, 3.8) is 0 Å². The molecule has 53 heavy (non-hydrogen) atoms. The van der Waals surface area contributed by atoms with Gasteiger partial charge in [0, 0.05) is 45.6 Å². The minimum absolute atomic E-state index is 0.0713. The molecule has 0 saturated heterocycles. The van der Waals surface area contributed by atoms with E-state index in [9.17, 15) is 0 Å². The molecule has 2 heterocycles. The lowest BCUT2D eigenvalue weighted by Gasteiger charge is -2.12. The van der Waals surface area contributed by atoms with Crippen LogP contribution in [0.4, 0.5) is 4.39 Å². The van der Waals surface area contributed by atoms with Crippen LogP contribution in [0.1, 0.15) is 49.9 Å². The van der Waals surface area contributed by atoms with Crippen molar-refractivity contribution in [3.8, 4) is 34.3 Å². The predicted molar refractivity (Wildman–Crippen MR) is 211 cm³/mol. The molecule has 0 aliphatic carbocycles. The molecule has 7 aromatic rings. The molecule has 0 aliphatic heterocycles. The first-order valence-corrected chi connectivity index (χ1v) is 17.6. The lowest BCUT2D eigenvalue weighted by atomic mass is 10.1. The first-order chi connectivity index (χ1) is 25.6. The van der Waals surface area contributed by atoms with Crippen LogP contribution in [0, 0.1) is 5.82 Å². The second kappa shape index (κ2) is 15.1. The van der Waals surface area contributed by atoms with E-state index in [1.54, 1.807) is 12.1 Å². The fourth-order valence-electron chi connectivity index (χ4n) is 6.02. The van der Waals surface area contributed by atoms with Crippen molar-refractivity contribution >= 4 is 33.6 Å². The maximum atomic E-state index is 15.5. The van der Waals surface area contributed by atoms with Crippen LogP contribution < -0.4 is 20.5 Å². The number of nitrogens with zero attached hydrogens (tertiary/aromatic N) is 3. The number of benzene rings is 5. The zero-order valence-electron chi connectivity index (χ0n) is 30.2. The van der Waals surface area contributed by atoms with Gasteiger partial charge in [0.05, 0.1) is 22.1 Å². The van der Waals surface area contributed by atoms with E-state index in [1.807, 2.05) is 105 Å². The van der Waals surface area contributed by atoms with Crippen molar-refractivity contribution in [3.05, 3.63) is 138 Å². The molecule has 0 amide bonds. The van der Waals surface area contributed by atoms with Gasteiger partial charge in [0.2, 0.25) is 0 Å². The molecule has 0 unspecified atom stereocenters. The maximum absolute atomic E-state index is 15.5. The van der Waals surface area contributed by atoms with Gasteiger partial charge < -0.3 is 30.5 Å². The summed E-state index contributed by atoms with van der Waals surface area (Å²) in [5, 5.41) is 3.35. The van der Waals surface area contributed by atoms with Crippen molar-refractivity contribution in [2.24, 2.45) is 10.7 Å². The number of amidine groups is 1. The Morgan fingerprint density at radius 2 is 1.23 bits per heavy atom. The molecule has 0 saturated carbocycles. The highest BCUT2D eigenvalue weighted by Gasteiger charge is 2.13. The predicted octanol–water partition coefficient (Wildman–Crippen LogP) is 9.15. The number of nitrogens with one attached hydrogen (secondary N) is 3. The molecule has 7 rings (SSSR count). The number of imidazole rings is 2. The number of nitrogens with two attached hydrogens (primary N) is 1. The summed E-state index contributed by atoms with van der Waals surface area (Å²) in [4.78, 5) is 20.7. The number of aromatic nitrogens is 4. The van der Waals surface area contributed by atoms with Crippen molar-refractivity contribution in [1.29, 1.82) is 0 Å². The van der Waals surface area contributed by atoms with Crippen LogP contribution in [-0.4, -0.2) is 37.9 Å². The van der Waals surface area contributed by atoms with Gasteiger partial charge in [-0.25, -0.2) is 14.4 Å². The van der Waals surface area contributed by atoms with E-state index < -0.39 is 0 Å². The normalized spacial score (nSPS) is 11.9. The fourth-order valence-corrected chi connectivity index (χ4v) is 6.02. The summed E-state index contributed by atoms with van der Waals surface area (Å²) < 4.78 is 27.5. The Kier molecular flexibility index (Phi) is 9.94. The van der Waals surface area contributed by atoms with Crippen LogP contribution in [-0.2, 0) is 13.2 Å². The van der Waals surface area contributed by atoms with E-state index in [2.05, 4.69) is 40.7 Å². The van der Waals surface area contributed by atoms with Gasteiger partial charge in [-0.05, 0) is 112 Å². The Hall–Kier alpha value is -6.42.